The molecule has 0 bridgehead atoms. The Morgan fingerprint density at radius 2 is 1.80 bits per heavy atom. The summed E-state index contributed by atoms with van der Waals surface area (Å²) in [5.74, 6) is 0. The lowest BCUT2D eigenvalue weighted by atomic mass is 11.7. The first-order valence-electron chi connectivity index (χ1n) is 0.749. The largest absolute Gasteiger partial charge is 0.362 e. The zero-order valence-corrected chi connectivity index (χ0v) is 2.89. The molecule has 0 saturated heterocycles. The van der Waals surface area contributed by atoms with Gasteiger partial charge in [0.15, 0.2) is 11.3 Å². The third-order valence-corrected chi connectivity index (χ3v) is 0.189. The fraction of sp³-hybridized carbons (Fsp3) is 0. The summed E-state index contributed by atoms with van der Waals surface area (Å²) >= 11 is -0.787. The van der Waals surface area contributed by atoms with Crippen LogP contribution >= 0.6 is 0 Å². The molecule has 30 valence electrons. The van der Waals surface area contributed by atoms with Crippen LogP contribution in [0.2, 0.25) is 0 Å². The van der Waals surface area contributed by atoms with Crippen molar-refractivity contribution in [3.63, 3.8) is 0 Å². The van der Waals surface area contributed by atoms with Crippen LogP contribution in [0, 0.1) is 0 Å². The fourth-order valence-electron chi connectivity index (χ4n) is 0. The zero-order valence-electron chi connectivity index (χ0n) is 2.07. The van der Waals surface area contributed by atoms with Crippen molar-refractivity contribution in [1.82, 2.24) is 0 Å². The molecule has 0 aliphatic carbocycles. The molecule has 0 aromatic carbocycles. The van der Waals surface area contributed by atoms with E-state index in [2.05, 4.69) is 0 Å². The Bertz CT molecular complexity index is 69.7. The van der Waals surface area contributed by atoms with Gasteiger partial charge in [-0.2, -0.15) is 8.78 Å². The highest BCUT2D eigenvalue weighted by Gasteiger charge is 1.77. The van der Waals surface area contributed by atoms with Gasteiger partial charge in [0.1, 0.15) is 0 Å². The highest BCUT2D eigenvalue weighted by atomic mass is 32.1. The van der Waals surface area contributed by atoms with E-state index in [1.165, 1.54) is 0 Å². The summed E-state index contributed by atoms with van der Waals surface area (Å²) < 4.78 is 29.4. The van der Waals surface area contributed by atoms with Gasteiger partial charge in [0, 0.05) is 0 Å². The molecule has 5 heavy (non-hydrogen) atoms. The van der Waals surface area contributed by atoms with Gasteiger partial charge in [0.25, 0.3) is 0 Å². The predicted molar refractivity (Wildman–Crippen MR) is 15.4 cm³/mol. The molecule has 0 radical (unpaired) electrons. The molecule has 0 spiro atoms. The molecule has 0 fully saturated rings. The van der Waals surface area contributed by atoms with Crippen LogP contribution in [0.4, 0.5) is 8.78 Å². The van der Waals surface area contributed by atoms with Gasteiger partial charge in [-0.1, -0.05) is 0 Å². The topological polar surface area (TPSA) is 17.1 Å². The first-order chi connectivity index (χ1) is 2.27. The zero-order chi connectivity index (χ0) is 4.28. The van der Waals surface area contributed by atoms with E-state index >= 15 is 0 Å². The average Bonchev–Trinajstić information content (AvgIpc) is 1.38. The maximum Gasteiger partial charge on any atom is 0.362 e. The average molecular weight is 98.1 g/mol. The Morgan fingerprint density at radius 1 is 1.60 bits per heavy atom. The van der Waals surface area contributed by atoms with Crippen LogP contribution < -0.4 is 0 Å². The summed E-state index contributed by atoms with van der Waals surface area (Å²) in [6.07, 6.45) is 0. The molecular weight excluding hydrogens is 98.1 g/mol. The van der Waals surface area contributed by atoms with Crippen molar-refractivity contribution >= 4 is 16.6 Å². The van der Waals surface area contributed by atoms with Crippen molar-refractivity contribution in [3.8, 4) is 0 Å². The van der Waals surface area contributed by atoms with Crippen molar-refractivity contribution in [3.05, 3.63) is 0 Å². The van der Waals surface area contributed by atoms with E-state index in [1.54, 1.807) is 0 Å². The number of halogens is 2. The highest BCUT2D eigenvalue weighted by molar-refractivity contribution is 7.65. The molecule has 0 aliphatic heterocycles. The van der Waals surface area contributed by atoms with Gasteiger partial charge in [-0.3, -0.25) is 0 Å². The fourth-order valence-corrected chi connectivity index (χ4v) is 0. The summed E-state index contributed by atoms with van der Waals surface area (Å²) in [6.45, 7) is 0. The van der Waals surface area contributed by atoms with E-state index in [4.69, 9.17) is 4.21 Å². The highest BCUT2D eigenvalue weighted by Crippen LogP contribution is 1.67. The van der Waals surface area contributed by atoms with Gasteiger partial charge < -0.3 is 0 Å². The SMILES string of the molecule is O=S=C(F)F. The standard InChI is InChI=1S/CF2OS/c2-1(3)5-4. The number of rotatable bonds is 0. The monoisotopic (exact) mass is 98.0 g/mol. The minimum Gasteiger partial charge on any atom is -0.207 e. The van der Waals surface area contributed by atoms with E-state index in [-0.39, 0.29) is 0 Å². The normalized spacial score (nSPS) is 6.80. The summed E-state index contributed by atoms with van der Waals surface area (Å²) in [4.78, 5) is 0. The van der Waals surface area contributed by atoms with E-state index < -0.39 is 16.6 Å². The van der Waals surface area contributed by atoms with Gasteiger partial charge in [-0.15, -0.1) is 0 Å². The molecule has 0 atom stereocenters. The molecule has 0 saturated carbocycles. The third-order valence-electron chi connectivity index (χ3n) is 0.0630. The minimum absolute atomic E-state index is 0.787. The summed E-state index contributed by atoms with van der Waals surface area (Å²) in [6, 6.07) is 0. The maximum atomic E-state index is 10.3. The molecule has 0 rings (SSSR count). The molecule has 0 unspecified atom stereocenters. The number of hydrogen-bond acceptors (Lipinski definition) is 1. The molecular formula is CF2OS. The van der Waals surface area contributed by atoms with Gasteiger partial charge in [-0.25, -0.2) is 4.21 Å². The van der Waals surface area contributed by atoms with Crippen molar-refractivity contribution < 1.29 is 13.0 Å². The Balaban J connectivity index is 3.60. The van der Waals surface area contributed by atoms with Gasteiger partial charge in [-0.05, 0) is 0 Å². The van der Waals surface area contributed by atoms with Crippen molar-refractivity contribution in [1.29, 1.82) is 0 Å². The quantitative estimate of drug-likeness (QED) is 0.313. The summed E-state index contributed by atoms with van der Waals surface area (Å²) in [7, 11) is 0. The Hall–Kier alpha value is -0.250. The molecule has 0 heterocycles. The van der Waals surface area contributed by atoms with E-state index in [9.17, 15) is 8.78 Å². The lowest BCUT2D eigenvalue weighted by molar-refractivity contribution is 0.634. The van der Waals surface area contributed by atoms with Crippen molar-refractivity contribution in [2.75, 3.05) is 0 Å². The Kier molecular flexibility index (Phi) is 1.92. The van der Waals surface area contributed by atoms with Crippen LogP contribution in [-0.4, -0.2) is 9.58 Å². The number of hydrogen-bond donors (Lipinski definition) is 0. The molecule has 0 aromatic heterocycles. The van der Waals surface area contributed by atoms with Gasteiger partial charge in [0.2, 0.25) is 0 Å². The van der Waals surface area contributed by atoms with Crippen LogP contribution in [0.1, 0.15) is 0 Å². The van der Waals surface area contributed by atoms with Crippen molar-refractivity contribution in [2.24, 2.45) is 0 Å². The Morgan fingerprint density at radius 3 is 1.80 bits per heavy atom. The van der Waals surface area contributed by atoms with Gasteiger partial charge >= 0.3 is 5.37 Å². The van der Waals surface area contributed by atoms with Crippen molar-refractivity contribution in [2.45, 2.75) is 0 Å². The lowest BCUT2D eigenvalue weighted by Crippen LogP contribution is -1.64. The van der Waals surface area contributed by atoms with E-state index in [0.29, 0.717) is 0 Å². The molecule has 4 heteroatoms. The molecule has 0 aliphatic rings. The van der Waals surface area contributed by atoms with Crippen LogP contribution in [-0.2, 0) is 11.3 Å². The minimum atomic E-state index is -2.13. The summed E-state index contributed by atoms with van der Waals surface area (Å²) in [5, 5.41) is -2.13. The predicted octanol–water partition coefficient (Wildman–Crippen LogP) is 0.226. The second-order valence-electron chi connectivity index (χ2n) is 0.309. The van der Waals surface area contributed by atoms with E-state index in [1.807, 2.05) is 0 Å². The maximum absolute atomic E-state index is 10.3. The second kappa shape index (κ2) is 2.02. The first-order valence-corrected chi connectivity index (χ1v) is 1.49. The van der Waals surface area contributed by atoms with Crippen LogP contribution in [0.5, 0.6) is 0 Å². The molecule has 0 N–H and O–H groups in total. The van der Waals surface area contributed by atoms with Crippen LogP contribution in [0.15, 0.2) is 0 Å². The smallest absolute Gasteiger partial charge is 0.207 e. The second-order valence-corrected chi connectivity index (χ2v) is 0.784. The molecule has 0 aromatic rings. The lowest BCUT2D eigenvalue weighted by Gasteiger charge is -1.51. The first kappa shape index (κ1) is 4.75. The third kappa shape index (κ3) is 3.75. The van der Waals surface area contributed by atoms with Crippen LogP contribution in [0.3, 0.4) is 0 Å². The van der Waals surface area contributed by atoms with Gasteiger partial charge in [0.05, 0.1) is 0 Å². The van der Waals surface area contributed by atoms with E-state index in [0.717, 1.165) is 0 Å². The molecule has 0 amide bonds. The molecule has 1 nitrogen and oxygen atoms in total. The summed E-state index contributed by atoms with van der Waals surface area (Å²) in [5.41, 5.74) is 0. The van der Waals surface area contributed by atoms with Crippen LogP contribution in [0.25, 0.3) is 0 Å². The Labute approximate surface area is 30.7 Å².